The molecule has 1 heterocycles. The SMILES string of the molecule is CCOc1ccc(-c2nc(C)c(C#N)s2)cc1C. The minimum atomic E-state index is 0.662. The fourth-order valence-corrected chi connectivity index (χ4v) is 2.58. The van der Waals surface area contributed by atoms with Gasteiger partial charge in [0, 0.05) is 5.56 Å². The number of thiazole rings is 1. The van der Waals surface area contributed by atoms with Crippen LogP contribution in [-0.4, -0.2) is 11.6 Å². The molecule has 0 aliphatic heterocycles. The second-order valence-electron chi connectivity index (χ2n) is 3.96. The highest BCUT2D eigenvalue weighted by atomic mass is 32.1. The zero-order chi connectivity index (χ0) is 13.1. The number of nitrogens with zero attached hydrogens (tertiary/aromatic N) is 2. The maximum Gasteiger partial charge on any atom is 0.128 e. The van der Waals surface area contributed by atoms with E-state index in [-0.39, 0.29) is 0 Å². The van der Waals surface area contributed by atoms with E-state index in [0.717, 1.165) is 27.6 Å². The molecule has 0 aliphatic rings. The summed E-state index contributed by atoms with van der Waals surface area (Å²) in [6.45, 7) is 6.51. The molecular weight excluding hydrogens is 244 g/mol. The summed E-state index contributed by atoms with van der Waals surface area (Å²) in [5, 5.41) is 9.83. The first-order chi connectivity index (χ1) is 8.65. The minimum Gasteiger partial charge on any atom is -0.494 e. The highest BCUT2D eigenvalue weighted by molar-refractivity contribution is 7.15. The molecule has 0 unspecified atom stereocenters. The first-order valence-electron chi connectivity index (χ1n) is 5.77. The summed E-state index contributed by atoms with van der Waals surface area (Å²) in [4.78, 5) is 5.10. The van der Waals surface area contributed by atoms with Gasteiger partial charge in [-0.15, -0.1) is 11.3 Å². The Bertz CT molecular complexity index is 611. The van der Waals surface area contributed by atoms with Crippen molar-refractivity contribution in [3.05, 3.63) is 34.3 Å². The van der Waals surface area contributed by atoms with Gasteiger partial charge in [-0.25, -0.2) is 4.98 Å². The molecule has 2 aromatic rings. The molecular formula is C14H14N2OS. The Morgan fingerprint density at radius 2 is 2.17 bits per heavy atom. The smallest absolute Gasteiger partial charge is 0.128 e. The van der Waals surface area contributed by atoms with Gasteiger partial charge in [0.15, 0.2) is 0 Å². The van der Waals surface area contributed by atoms with Crippen LogP contribution in [0.5, 0.6) is 5.75 Å². The van der Waals surface area contributed by atoms with E-state index in [1.54, 1.807) is 0 Å². The van der Waals surface area contributed by atoms with Crippen LogP contribution in [0.2, 0.25) is 0 Å². The fourth-order valence-electron chi connectivity index (χ4n) is 1.72. The minimum absolute atomic E-state index is 0.662. The summed E-state index contributed by atoms with van der Waals surface area (Å²) < 4.78 is 5.51. The number of rotatable bonds is 3. The topological polar surface area (TPSA) is 45.9 Å². The molecule has 0 N–H and O–H groups in total. The molecule has 0 atom stereocenters. The number of hydrogen-bond acceptors (Lipinski definition) is 4. The number of aromatic nitrogens is 1. The third-order valence-electron chi connectivity index (χ3n) is 2.62. The first kappa shape index (κ1) is 12.6. The first-order valence-corrected chi connectivity index (χ1v) is 6.58. The molecule has 1 aromatic carbocycles. The van der Waals surface area contributed by atoms with Gasteiger partial charge in [0.2, 0.25) is 0 Å². The molecule has 2 rings (SSSR count). The molecule has 0 saturated carbocycles. The van der Waals surface area contributed by atoms with Crippen LogP contribution in [0.3, 0.4) is 0 Å². The van der Waals surface area contributed by atoms with Crippen molar-refractivity contribution in [2.45, 2.75) is 20.8 Å². The van der Waals surface area contributed by atoms with Gasteiger partial charge < -0.3 is 4.74 Å². The maximum absolute atomic E-state index is 8.95. The third-order valence-corrected chi connectivity index (χ3v) is 3.73. The van der Waals surface area contributed by atoms with E-state index in [2.05, 4.69) is 11.1 Å². The molecule has 0 aliphatic carbocycles. The van der Waals surface area contributed by atoms with Gasteiger partial charge in [-0.3, -0.25) is 0 Å². The lowest BCUT2D eigenvalue weighted by Gasteiger charge is -2.07. The van der Waals surface area contributed by atoms with Crippen LogP contribution in [0, 0.1) is 25.2 Å². The molecule has 1 aromatic heterocycles. The van der Waals surface area contributed by atoms with Crippen molar-refractivity contribution in [1.29, 1.82) is 5.26 Å². The van der Waals surface area contributed by atoms with E-state index in [1.165, 1.54) is 11.3 Å². The number of nitriles is 1. The second kappa shape index (κ2) is 5.19. The summed E-state index contributed by atoms with van der Waals surface area (Å²) in [6, 6.07) is 8.15. The maximum atomic E-state index is 8.95. The summed E-state index contributed by atoms with van der Waals surface area (Å²) in [5.41, 5.74) is 2.91. The largest absolute Gasteiger partial charge is 0.494 e. The van der Waals surface area contributed by atoms with Crippen molar-refractivity contribution in [1.82, 2.24) is 4.98 Å². The third kappa shape index (κ3) is 2.36. The van der Waals surface area contributed by atoms with Gasteiger partial charge in [-0.2, -0.15) is 5.26 Å². The lowest BCUT2D eigenvalue weighted by atomic mass is 10.1. The molecule has 0 radical (unpaired) electrons. The van der Waals surface area contributed by atoms with Crippen LogP contribution in [0.1, 0.15) is 23.1 Å². The Labute approximate surface area is 111 Å². The average Bonchev–Trinajstić information content (AvgIpc) is 2.73. The standard InChI is InChI=1S/C14H14N2OS/c1-4-17-12-6-5-11(7-9(12)2)14-16-10(3)13(8-15)18-14/h5-7H,4H2,1-3H3. The predicted molar refractivity (Wildman–Crippen MR) is 72.9 cm³/mol. The van der Waals surface area contributed by atoms with Gasteiger partial charge in [0.25, 0.3) is 0 Å². The highest BCUT2D eigenvalue weighted by Crippen LogP contribution is 2.30. The van der Waals surface area contributed by atoms with Crippen molar-refractivity contribution >= 4 is 11.3 Å². The monoisotopic (exact) mass is 258 g/mol. The summed E-state index contributed by atoms with van der Waals surface area (Å²) in [5.74, 6) is 0.898. The van der Waals surface area contributed by atoms with Crippen molar-refractivity contribution < 1.29 is 4.74 Å². The summed E-state index contributed by atoms with van der Waals surface area (Å²) in [7, 11) is 0. The molecule has 0 amide bonds. The Morgan fingerprint density at radius 1 is 1.39 bits per heavy atom. The van der Waals surface area contributed by atoms with Crippen LogP contribution in [0.4, 0.5) is 0 Å². The van der Waals surface area contributed by atoms with E-state index < -0.39 is 0 Å². The van der Waals surface area contributed by atoms with Gasteiger partial charge >= 0.3 is 0 Å². The molecule has 0 saturated heterocycles. The molecule has 0 fully saturated rings. The average molecular weight is 258 g/mol. The summed E-state index contributed by atoms with van der Waals surface area (Å²) in [6.07, 6.45) is 0. The van der Waals surface area contributed by atoms with E-state index >= 15 is 0 Å². The lowest BCUT2D eigenvalue weighted by molar-refractivity contribution is 0.338. The van der Waals surface area contributed by atoms with Crippen molar-refractivity contribution in [3.63, 3.8) is 0 Å². The molecule has 4 heteroatoms. The van der Waals surface area contributed by atoms with Crippen LogP contribution in [-0.2, 0) is 0 Å². The molecule has 18 heavy (non-hydrogen) atoms. The highest BCUT2D eigenvalue weighted by Gasteiger charge is 2.10. The second-order valence-corrected chi connectivity index (χ2v) is 4.96. The zero-order valence-electron chi connectivity index (χ0n) is 10.7. The van der Waals surface area contributed by atoms with Crippen LogP contribution in [0.25, 0.3) is 10.6 Å². The van der Waals surface area contributed by atoms with Gasteiger partial charge in [0.1, 0.15) is 21.7 Å². The van der Waals surface area contributed by atoms with E-state index in [4.69, 9.17) is 10.00 Å². The number of benzene rings is 1. The number of aryl methyl sites for hydroxylation is 2. The van der Waals surface area contributed by atoms with Crippen LogP contribution < -0.4 is 4.74 Å². The van der Waals surface area contributed by atoms with E-state index in [0.29, 0.717) is 11.5 Å². The van der Waals surface area contributed by atoms with Crippen molar-refractivity contribution in [2.75, 3.05) is 6.61 Å². The normalized spacial score (nSPS) is 10.1. The molecule has 0 spiro atoms. The molecule has 0 bridgehead atoms. The molecule has 92 valence electrons. The van der Waals surface area contributed by atoms with Crippen LogP contribution in [0.15, 0.2) is 18.2 Å². The van der Waals surface area contributed by atoms with Crippen molar-refractivity contribution in [3.8, 4) is 22.4 Å². The van der Waals surface area contributed by atoms with Gasteiger partial charge in [-0.1, -0.05) is 0 Å². The number of ether oxygens (including phenoxy) is 1. The Kier molecular flexibility index (Phi) is 3.63. The summed E-state index contributed by atoms with van der Waals surface area (Å²) >= 11 is 1.43. The lowest BCUT2D eigenvalue weighted by Crippen LogP contribution is -1.93. The quantitative estimate of drug-likeness (QED) is 0.843. The van der Waals surface area contributed by atoms with Crippen molar-refractivity contribution in [2.24, 2.45) is 0 Å². The Hall–Kier alpha value is -1.86. The van der Waals surface area contributed by atoms with Gasteiger partial charge in [-0.05, 0) is 44.5 Å². The predicted octanol–water partition coefficient (Wildman–Crippen LogP) is 3.70. The fraction of sp³-hybridized carbons (Fsp3) is 0.286. The molecule has 3 nitrogen and oxygen atoms in total. The Balaban J connectivity index is 2.39. The number of hydrogen-bond donors (Lipinski definition) is 0. The Morgan fingerprint density at radius 3 is 2.72 bits per heavy atom. The zero-order valence-corrected chi connectivity index (χ0v) is 11.5. The van der Waals surface area contributed by atoms with Crippen LogP contribution >= 0.6 is 11.3 Å². The van der Waals surface area contributed by atoms with E-state index in [1.807, 2.05) is 39.0 Å². The van der Waals surface area contributed by atoms with E-state index in [9.17, 15) is 0 Å². The van der Waals surface area contributed by atoms with Gasteiger partial charge in [0.05, 0.1) is 12.3 Å².